The van der Waals surface area contributed by atoms with Crippen molar-refractivity contribution in [3.8, 4) is 5.75 Å². The maximum Gasteiger partial charge on any atom is 0.330 e. The van der Waals surface area contributed by atoms with E-state index in [4.69, 9.17) is 4.74 Å². The molecule has 2 rings (SSSR count). The number of nitrogens with one attached hydrogen (secondary N) is 1. The maximum atomic E-state index is 11.7. The van der Waals surface area contributed by atoms with Gasteiger partial charge in [0.2, 0.25) is 0 Å². The average molecular weight is 299 g/mol. The molecule has 0 aliphatic carbocycles. The number of ether oxygens (including phenoxy) is 1. The maximum absolute atomic E-state index is 11.7. The predicted molar refractivity (Wildman–Crippen MR) is 74.9 cm³/mol. The fourth-order valence-electron chi connectivity index (χ4n) is 2.38. The predicted octanol–water partition coefficient (Wildman–Crippen LogP) is 1.14. The molecule has 0 radical (unpaired) electrons. The SMILES string of the molecule is COc1ccc(NC2(C(=O)O)CCCS(=O)(=O)C2)cc1. The van der Waals surface area contributed by atoms with E-state index in [0.29, 0.717) is 17.9 Å². The molecule has 1 heterocycles. The van der Waals surface area contributed by atoms with Gasteiger partial charge in [0.15, 0.2) is 9.84 Å². The number of aliphatic carboxylic acids is 1. The van der Waals surface area contributed by atoms with Crippen LogP contribution < -0.4 is 10.1 Å². The largest absolute Gasteiger partial charge is 0.497 e. The van der Waals surface area contributed by atoms with Crippen molar-refractivity contribution in [2.24, 2.45) is 0 Å². The Labute approximate surface area is 117 Å². The van der Waals surface area contributed by atoms with E-state index in [0.717, 1.165) is 0 Å². The van der Waals surface area contributed by atoms with Crippen molar-refractivity contribution >= 4 is 21.5 Å². The van der Waals surface area contributed by atoms with E-state index in [9.17, 15) is 18.3 Å². The number of benzene rings is 1. The highest BCUT2D eigenvalue weighted by molar-refractivity contribution is 7.91. The molecule has 0 bridgehead atoms. The number of sulfone groups is 1. The van der Waals surface area contributed by atoms with Crippen LogP contribution in [0.3, 0.4) is 0 Å². The van der Waals surface area contributed by atoms with Gasteiger partial charge in [-0.3, -0.25) is 0 Å². The molecule has 1 atom stereocenters. The minimum absolute atomic E-state index is 0.0479. The van der Waals surface area contributed by atoms with Crippen molar-refractivity contribution in [2.45, 2.75) is 18.4 Å². The smallest absolute Gasteiger partial charge is 0.330 e. The zero-order chi connectivity index (χ0) is 14.8. The Morgan fingerprint density at radius 2 is 2.00 bits per heavy atom. The number of hydrogen-bond acceptors (Lipinski definition) is 5. The van der Waals surface area contributed by atoms with Crippen molar-refractivity contribution in [3.05, 3.63) is 24.3 Å². The second-order valence-electron chi connectivity index (χ2n) is 4.94. The van der Waals surface area contributed by atoms with Gasteiger partial charge < -0.3 is 15.2 Å². The van der Waals surface area contributed by atoms with Gasteiger partial charge in [0.05, 0.1) is 18.6 Å². The lowest BCUT2D eigenvalue weighted by Crippen LogP contribution is -2.54. The standard InChI is InChI=1S/C13H17NO5S/c1-19-11-5-3-10(4-6-11)14-13(12(15)16)7-2-8-20(17,18)9-13/h3-6,14H,2,7-9H2,1H3,(H,15,16). The van der Waals surface area contributed by atoms with Crippen LogP contribution in [0.25, 0.3) is 0 Å². The third-order valence-corrected chi connectivity index (χ3v) is 5.25. The Bertz CT molecular complexity index is 596. The summed E-state index contributed by atoms with van der Waals surface area (Å²) in [5.74, 6) is -0.832. The van der Waals surface area contributed by atoms with Crippen LogP contribution in [-0.4, -0.2) is 43.6 Å². The van der Waals surface area contributed by atoms with Crippen LogP contribution in [0, 0.1) is 0 Å². The number of hydrogen-bond donors (Lipinski definition) is 2. The summed E-state index contributed by atoms with van der Waals surface area (Å²) in [4.78, 5) is 11.5. The van der Waals surface area contributed by atoms with Crippen molar-refractivity contribution in [1.82, 2.24) is 0 Å². The molecule has 1 aromatic rings. The first-order chi connectivity index (χ1) is 9.37. The molecule has 0 saturated carbocycles. The molecule has 1 fully saturated rings. The number of carbonyl (C=O) groups is 1. The minimum Gasteiger partial charge on any atom is -0.497 e. The van der Waals surface area contributed by atoms with Crippen LogP contribution in [-0.2, 0) is 14.6 Å². The van der Waals surface area contributed by atoms with Gasteiger partial charge in [-0.15, -0.1) is 0 Å². The lowest BCUT2D eigenvalue weighted by atomic mass is 9.95. The van der Waals surface area contributed by atoms with Gasteiger partial charge in [-0.25, -0.2) is 13.2 Å². The molecule has 1 unspecified atom stereocenters. The van der Waals surface area contributed by atoms with E-state index < -0.39 is 21.3 Å². The van der Waals surface area contributed by atoms with Gasteiger partial charge in [0, 0.05) is 5.69 Å². The Balaban J connectivity index is 2.27. The highest BCUT2D eigenvalue weighted by atomic mass is 32.2. The molecule has 0 aromatic heterocycles. The molecule has 1 aromatic carbocycles. The van der Waals surface area contributed by atoms with Gasteiger partial charge in [-0.05, 0) is 37.1 Å². The molecular formula is C13H17NO5S. The van der Waals surface area contributed by atoms with E-state index in [1.54, 1.807) is 24.3 Å². The molecular weight excluding hydrogens is 282 g/mol. The van der Waals surface area contributed by atoms with Gasteiger partial charge in [-0.1, -0.05) is 0 Å². The summed E-state index contributed by atoms with van der Waals surface area (Å²) in [6.45, 7) is 0. The highest BCUT2D eigenvalue weighted by Gasteiger charge is 2.45. The lowest BCUT2D eigenvalue weighted by Gasteiger charge is -2.34. The van der Waals surface area contributed by atoms with Crippen LogP contribution in [0.5, 0.6) is 5.75 Å². The molecule has 110 valence electrons. The molecule has 1 aliphatic rings. The van der Waals surface area contributed by atoms with E-state index in [1.807, 2.05) is 0 Å². The fraction of sp³-hybridized carbons (Fsp3) is 0.462. The second kappa shape index (κ2) is 5.32. The Morgan fingerprint density at radius 1 is 1.35 bits per heavy atom. The minimum atomic E-state index is -3.34. The van der Waals surface area contributed by atoms with Crippen molar-refractivity contribution < 1.29 is 23.1 Å². The van der Waals surface area contributed by atoms with E-state index in [2.05, 4.69) is 5.32 Å². The summed E-state index contributed by atoms with van der Waals surface area (Å²) in [6, 6.07) is 6.72. The number of carboxylic acid groups (broad SMARTS) is 1. The Morgan fingerprint density at radius 3 is 2.50 bits per heavy atom. The molecule has 1 aliphatic heterocycles. The van der Waals surface area contributed by atoms with Crippen molar-refractivity contribution in [2.75, 3.05) is 23.9 Å². The zero-order valence-corrected chi connectivity index (χ0v) is 11.9. The fourth-order valence-corrected chi connectivity index (χ4v) is 4.20. The quantitative estimate of drug-likeness (QED) is 0.866. The Kier molecular flexibility index (Phi) is 3.89. The summed E-state index contributed by atoms with van der Waals surface area (Å²) in [5.41, 5.74) is -0.892. The summed E-state index contributed by atoms with van der Waals surface area (Å²) in [5, 5.41) is 12.3. The molecule has 1 saturated heterocycles. The topological polar surface area (TPSA) is 92.7 Å². The third kappa shape index (κ3) is 3.04. The monoisotopic (exact) mass is 299 g/mol. The van der Waals surface area contributed by atoms with Gasteiger partial charge in [0.25, 0.3) is 0 Å². The van der Waals surface area contributed by atoms with Gasteiger partial charge >= 0.3 is 5.97 Å². The van der Waals surface area contributed by atoms with Crippen LogP contribution in [0.4, 0.5) is 5.69 Å². The normalized spacial score (nSPS) is 24.9. The summed E-state index contributed by atoms with van der Waals surface area (Å²) >= 11 is 0. The highest BCUT2D eigenvalue weighted by Crippen LogP contribution is 2.28. The Hall–Kier alpha value is -1.76. The summed E-state index contributed by atoms with van der Waals surface area (Å²) in [7, 11) is -1.80. The molecule has 20 heavy (non-hydrogen) atoms. The van der Waals surface area contributed by atoms with Crippen LogP contribution in [0.1, 0.15) is 12.8 Å². The summed E-state index contributed by atoms with van der Waals surface area (Å²) < 4.78 is 28.5. The average Bonchev–Trinajstić information content (AvgIpc) is 2.38. The van der Waals surface area contributed by atoms with Crippen molar-refractivity contribution in [1.29, 1.82) is 0 Å². The van der Waals surface area contributed by atoms with Crippen LogP contribution in [0.2, 0.25) is 0 Å². The molecule has 0 spiro atoms. The number of anilines is 1. The molecule has 0 amide bonds. The zero-order valence-electron chi connectivity index (χ0n) is 11.1. The van der Waals surface area contributed by atoms with Crippen molar-refractivity contribution in [3.63, 3.8) is 0 Å². The first-order valence-electron chi connectivity index (χ1n) is 6.23. The lowest BCUT2D eigenvalue weighted by molar-refractivity contribution is -0.141. The second-order valence-corrected chi connectivity index (χ2v) is 7.12. The van der Waals surface area contributed by atoms with E-state index >= 15 is 0 Å². The third-order valence-electron chi connectivity index (χ3n) is 3.41. The molecule has 7 heteroatoms. The number of rotatable bonds is 4. The molecule has 6 nitrogen and oxygen atoms in total. The van der Waals surface area contributed by atoms with E-state index in [1.165, 1.54) is 7.11 Å². The first-order valence-corrected chi connectivity index (χ1v) is 8.05. The van der Waals surface area contributed by atoms with Crippen LogP contribution in [0.15, 0.2) is 24.3 Å². The van der Waals surface area contributed by atoms with Crippen LogP contribution >= 0.6 is 0 Å². The molecule has 2 N–H and O–H groups in total. The van der Waals surface area contributed by atoms with Gasteiger partial charge in [-0.2, -0.15) is 0 Å². The number of methoxy groups -OCH3 is 1. The number of carboxylic acids is 1. The van der Waals surface area contributed by atoms with Gasteiger partial charge in [0.1, 0.15) is 11.3 Å². The first kappa shape index (κ1) is 14.6. The van der Waals surface area contributed by atoms with E-state index in [-0.39, 0.29) is 17.9 Å². The summed E-state index contributed by atoms with van der Waals surface area (Å²) in [6.07, 6.45) is 0.630.